The molecule has 3 aliphatic carbocycles. The molecule has 0 radical (unpaired) electrons. The molecule has 3 heteroatoms. The van der Waals surface area contributed by atoms with Crippen molar-refractivity contribution in [3.05, 3.63) is 23.8 Å². The zero-order chi connectivity index (χ0) is 13.1. The molecule has 2 heterocycles. The van der Waals surface area contributed by atoms with Gasteiger partial charge >= 0.3 is 5.97 Å². The monoisotopic (exact) mass is 260 g/mol. The van der Waals surface area contributed by atoms with E-state index in [9.17, 15) is 4.79 Å². The van der Waals surface area contributed by atoms with Crippen molar-refractivity contribution in [2.24, 2.45) is 23.7 Å². The van der Waals surface area contributed by atoms with Crippen LogP contribution in [-0.2, 0) is 14.3 Å². The highest BCUT2D eigenvalue weighted by atomic mass is 16.5. The Morgan fingerprint density at radius 1 is 1.47 bits per heavy atom. The van der Waals surface area contributed by atoms with E-state index in [0.717, 1.165) is 0 Å². The Kier molecular flexibility index (Phi) is 2.44. The predicted molar refractivity (Wildman–Crippen MR) is 70.3 cm³/mol. The maximum Gasteiger partial charge on any atom is 0.333 e. The van der Waals surface area contributed by atoms with Gasteiger partial charge in [-0.3, -0.25) is 0 Å². The van der Waals surface area contributed by atoms with Crippen molar-refractivity contribution in [2.75, 3.05) is 6.61 Å². The first kappa shape index (κ1) is 11.7. The van der Waals surface area contributed by atoms with Crippen molar-refractivity contribution in [3.63, 3.8) is 0 Å². The summed E-state index contributed by atoms with van der Waals surface area (Å²) in [5, 5.41) is 0. The summed E-state index contributed by atoms with van der Waals surface area (Å²) >= 11 is 0. The van der Waals surface area contributed by atoms with Crippen LogP contribution in [0.15, 0.2) is 23.8 Å². The van der Waals surface area contributed by atoms with Crippen LogP contribution in [0.2, 0.25) is 0 Å². The standard InChI is InChI=1S/C16H20O3/c1-8(2)16(17)18-7-10-3-9-4-11(10)15-12(5-9)13-6-14(15)19-13/h5,9-11,13-15H,1,3-4,6-7H2,2H3. The minimum absolute atomic E-state index is 0.249. The summed E-state index contributed by atoms with van der Waals surface area (Å²) in [4.78, 5) is 11.5. The van der Waals surface area contributed by atoms with Gasteiger partial charge in [0.1, 0.15) is 0 Å². The SMILES string of the molecule is C=C(C)C(=O)OCC1CC2C=C3C4CC(O4)C3C1C2. The van der Waals surface area contributed by atoms with E-state index < -0.39 is 0 Å². The smallest absolute Gasteiger partial charge is 0.333 e. The zero-order valence-electron chi connectivity index (χ0n) is 11.3. The van der Waals surface area contributed by atoms with Gasteiger partial charge in [-0.15, -0.1) is 0 Å². The molecule has 4 bridgehead atoms. The van der Waals surface area contributed by atoms with Crippen molar-refractivity contribution in [3.8, 4) is 0 Å². The van der Waals surface area contributed by atoms with E-state index in [1.807, 2.05) is 0 Å². The third kappa shape index (κ3) is 1.64. The Hall–Kier alpha value is -1.09. The second kappa shape index (κ2) is 3.95. The molecule has 5 aliphatic rings. The molecule has 0 aromatic rings. The molecule has 0 aromatic heterocycles. The van der Waals surface area contributed by atoms with E-state index in [-0.39, 0.29) is 5.97 Å². The summed E-state index contributed by atoms with van der Waals surface area (Å²) in [6.45, 7) is 5.89. The first-order valence-corrected chi connectivity index (χ1v) is 7.33. The van der Waals surface area contributed by atoms with Gasteiger partial charge in [0.15, 0.2) is 0 Å². The number of hydrogen-bond acceptors (Lipinski definition) is 3. The molecule has 0 N–H and O–H groups in total. The van der Waals surface area contributed by atoms with Crippen molar-refractivity contribution < 1.29 is 14.3 Å². The van der Waals surface area contributed by atoms with Crippen LogP contribution in [0.25, 0.3) is 0 Å². The number of fused-ring (bicyclic) bond motifs is 2. The van der Waals surface area contributed by atoms with Gasteiger partial charge in [-0.1, -0.05) is 12.7 Å². The molecule has 6 unspecified atom stereocenters. The quantitative estimate of drug-likeness (QED) is 0.444. The summed E-state index contributed by atoms with van der Waals surface area (Å²) in [5.74, 6) is 2.24. The molecule has 6 atom stereocenters. The minimum Gasteiger partial charge on any atom is -0.462 e. The molecule has 102 valence electrons. The largest absolute Gasteiger partial charge is 0.462 e. The summed E-state index contributed by atoms with van der Waals surface area (Å²) < 4.78 is 11.3. The highest BCUT2D eigenvalue weighted by Crippen LogP contribution is 2.59. The number of carbonyl (C=O) groups excluding carboxylic acids is 1. The third-order valence-corrected chi connectivity index (χ3v) is 5.39. The van der Waals surface area contributed by atoms with E-state index in [2.05, 4.69) is 12.7 Å². The van der Waals surface area contributed by atoms with E-state index in [1.54, 1.807) is 12.5 Å². The fourth-order valence-corrected chi connectivity index (χ4v) is 4.57. The molecule has 2 saturated carbocycles. The minimum atomic E-state index is -0.249. The van der Waals surface area contributed by atoms with Crippen LogP contribution in [-0.4, -0.2) is 24.8 Å². The maximum absolute atomic E-state index is 11.5. The number of rotatable bonds is 3. The maximum atomic E-state index is 11.5. The second-order valence-corrected chi connectivity index (χ2v) is 6.63. The highest BCUT2D eigenvalue weighted by Gasteiger charge is 2.58. The number of ether oxygens (including phenoxy) is 2. The van der Waals surface area contributed by atoms with Crippen molar-refractivity contribution in [1.82, 2.24) is 0 Å². The highest BCUT2D eigenvalue weighted by molar-refractivity contribution is 5.86. The topological polar surface area (TPSA) is 35.5 Å². The van der Waals surface area contributed by atoms with Crippen LogP contribution in [0.3, 0.4) is 0 Å². The lowest BCUT2D eigenvalue weighted by Crippen LogP contribution is -2.32. The number of allylic oxidation sites excluding steroid dienone is 1. The summed E-state index contributed by atoms with van der Waals surface area (Å²) in [5.41, 5.74) is 2.06. The van der Waals surface area contributed by atoms with Gasteiger partial charge in [0.25, 0.3) is 0 Å². The average Bonchev–Trinajstić information content (AvgIpc) is 2.95. The Morgan fingerprint density at radius 2 is 2.26 bits per heavy atom. The fraction of sp³-hybridized carbons (Fsp3) is 0.688. The summed E-state index contributed by atoms with van der Waals surface area (Å²) in [7, 11) is 0. The van der Waals surface area contributed by atoms with Crippen LogP contribution in [0.5, 0.6) is 0 Å². The number of hydrogen-bond donors (Lipinski definition) is 0. The van der Waals surface area contributed by atoms with Crippen LogP contribution in [0.4, 0.5) is 0 Å². The molecule has 2 saturated heterocycles. The van der Waals surface area contributed by atoms with Crippen molar-refractivity contribution in [2.45, 2.75) is 38.4 Å². The Morgan fingerprint density at radius 3 is 3.00 bits per heavy atom. The zero-order valence-corrected chi connectivity index (χ0v) is 11.3. The molecule has 0 aromatic carbocycles. The van der Waals surface area contributed by atoms with Gasteiger partial charge in [-0.2, -0.15) is 0 Å². The van der Waals surface area contributed by atoms with E-state index in [0.29, 0.717) is 48.1 Å². The van der Waals surface area contributed by atoms with Gasteiger partial charge in [0, 0.05) is 17.9 Å². The normalized spacial score (nSPS) is 45.2. The number of carbonyl (C=O) groups is 1. The van der Waals surface area contributed by atoms with Crippen LogP contribution >= 0.6 is 0 Å². The van der Waals surface area contributed by atoms with Crippen LogP contribution in [0, 0.1) is 23.7 Å². The Balaban J connectivity index is 1.46. The lowest BCUT2D eigenvalue weighted by Gasteiger charge is -2.30. The van der Waals surface area contributed by atoms with Crippen molar-refractivity contribution in [1.29, 1.82) is 0 Å². The first-order chi connectivity index (χ1) is 9.13. The van der Waals surface area contributed by atoms with Gasteiger partial charge in [-0.05, 0) is 43.1 Å². The molecule has 0 spiro atoms. The molecule has 5 rings (SSSR count). The van der Waals surface area contributed by atoms with Gasteiger partial charge in [0.2, 0.25) is 0 Å². The molecule has 4 fully saturated rings. The Bertz CT molecular complexity index is 472. The lowest BCUT2D eigenvalue weighted by molar-refractivity contribution is -0.141. The molecule has 2 aliphatic heterocycles. The van der Waals surface area contributed by atoms with E-state index >= 15 is 0 Å². The number of esters is 1. The summed E-state index contributed by atoms with van der Waals surface area (Å²) in [6, 6.07) is 0. The second-order valence-electron chi connectivity index (χ2n) is 6.63. The van der Waals surface area contributed by atoms with Gasteiger partial charge in [0.05, 0.1) is 18.8 Å². The molecular formula is C16H20O3. The average molecular weight is 260 g/mol. The summed E-state index contributed by atoms with van der Waals surface area (Å²) in [6.07, 6.45) is 7.01. The molecule has 0 amide bonds. The van der Waals surface area contributed by atoms with Crippen molar-refractivity contribution >= 4 is 5.97 Å². The molecular weight excluding hydrogens is 240 g/mol. The lowest BCUT2D eigenvalue weighted by atomic mass is 9.78. The van der Waals surface area contributed by atoms with E-state index in [1.165, 1.54) is 19.3 Å². The van der Waals surface area contributed by atoms with Crippen LogP contribution in [0.1, 0.15) is 26.2 Å². The Labute approximate surface area is 113 Å². The van der Waals surface area contributed by atoms with Crippen LogP contribution < -0.4 is 0 Å². The van der Waals surface area contributed by atoms with Gasteiger partial charge < -0.3 is 9.47 Å². The first-order valence-electron chi connectivity index (χ1n) is 7.33. The fourth-order valence-electron chi connectivity index (χ4n) is 4.57. The van der Waals surface area contributed by atoms with E-state index in [4.69, 9.17) is 9.47 Å². The molecule has 19 heavy (non-hydrogen) atoms. The predicted octanol–water partition coefficient (Wildman–Crippen LogP) is 2.48. The third-order valence-electron chi connectivity index (χ3n) is 5.39. The molecule has 3 nitrogen and oxygen atoms in total. The van der Waals surface area contributed by atoms with Gasteiger partial charge in [-0.25, -0.2) is 4.79 Å².